The highest BCUT2D eigenvalue weighted by Crippen LogP contribution is 2.51. The van der Waals surface area contributed by atoms with Gasteiger partial charge >= 0.3 is 0 Å². The number of fused-ring (bicyclic) bond motifs is 1. The van der Waals surface area contributed by atoms with Crippen molar-refractivity contribution in [3.63, 3.8) is 0 Å². The second-order valence-corrected chi connectivity index (χ2v) is 8.15. The van der Waals surface area contributed by atoms with E-state index in [9.17, 15) is 9.90 Å². The molecule has 1 fully saturated rings. The third kappa shape index (κ3) is 3.45. The van der Waals surface area contributed by atoms with Crippen LogP contribution in [0.1, 0.15) is 37.9 Å². The van der Waals surface area contributed by atoms with Crippen molar-refractivity contribution in [1.82, 2.24) is 0 Å². The van der Waals surface area contributed by atoms with Gasteiger partial charge in [-0.05, 0) is 71.3 Å². The first kappa shape index (κ1) is 19.6. The lowest BCUT2D eigenvalue weighted by atomic mass is 9.92. The molecule has 0 bridgehead atoms. The summed E-state index contributed by atoms with van der Waals surface area (Å²) in [6, 6.07) is 19.6. The van der Waals surface area contributed by atoms with Crippen molar-refractivity contribution in [2.45, 2.75) is 38.2 Å². The fraction of sp³-hybridized carbons (Fsp3) is 0.269. The van der Waals surface area contributed by atoms with Gasteiger partial charge in [0.25, 0.3) is 0 Å². The van der Waals surface area contributed by atoms with Crippen LogP contribution in [0.4, 0.5) is 5.69 Å². The summed E-state index contributed by atoms with van der Waals surface area (Å²) in [7, 11) is 0. The van der Waals surface area contributed by atoms with Gasteiger partial charge in [0.2, 0.25) is 12.7 Å². The molecular formula is C26H27NO4. The molecule has 0 atom stereocenters. The van der Waals surface area contributed by atoms with Crippen molar-refractivity contribution in [3.05, 3.63) is 77.4 Å². The zero-order valence-corrected chi connectivity index (χ0v) is 17.5. The van der Waals surface area contributed by atoms with Crippen molar-refractivity contribution < 1.29 is 20.8 Å². The second-order valence-electron chi connectivity index (χ2n) is 8.15. The number of hydrogen-bond donors (Lipinski definition) is 2. The number of aliphatic hydroxyl groups excluding tert-OH is 1. The van der Waals surface area contributed by atoms with Gasteiger partial charge < -0.3 is 19.9 Å². The molecule has 0 radical (unpaired) electrons. The van der Waals surface area contributed by atoms with Crippen LogP contribution in [0.25, 0.3) is 11.1 Å². The number of carbonyl (C=O) groups is 1. The van der Waals surface area contributed by atoms with E-state index < -0.39 is 5.41 Å². The molecule has 5 heteroatoms. The maximum Gasteiger partial charge on any atom is 0.235 e. The minimum absolute atomic E-state index is 0. The number of hydrogen-bond acceptors (Lipinski definition) is 4. The molecule has 0 aromatic heterocycles. The van der Waals surface area contributed by atoms with E-state index in [-0.39, 0.29) is 20.7 Å². The number of ether oxygens (including phenoxy) is 2. The van der Waals surface area contributed by atoms with E-state index in [2.05, 4.69) is 18.3 Å². The van der Waals surface area contributed by atoms with Crippen LogP contribution in [0, 0.1) is 0 Å². The second kappa shape index (κ2) is 7.75. The van der Waals surface area contributed by atoms with Gasteiger partial charge in [0.1, 0.15) is 0 Å². The van der Waals surface area contributed by atoms with Crippen molar-refractivity contribution in [2.75, 3.05) is 12.1 Å². The lowest BCUT2D eigenvalue weighted by Gasteiger charge is -2.18. The Hall–Kier alpha value is -3.31. The third-order valence-electron chi connectivity index (χ3n) is 6.34. The molecular weight excluding hydrogens is 390 g/mol. The monoisotopic (exact) mass is 417 g/mol. The Morgan fingerprint density at radius 3 is 2.58 bits per heavy atom. The summed E-state index contributed by atoms with van der Waals surface area (Å²) in [5.41, 5.74) is 5.29. The van der Waals surface area contributed by atoms with E-state index in [1.807, 2.05) is 54.6 Å². The van der Waals surface area contributed by atoms with Gasteiger partial charge in [-0.25, -0.2) is 0 Å². The average molecular weight is 418 g/mol. The Morgan fingerprint density at radius 1 is 1.00 bits per heavy atom. The summed E-state index contributed by atoms with van der Waals surface area (Å²) in [6.07, 6.45) is 2.49. The highest BCUT2D eigenvalue weighted by atomic mass is 16.7. The van der Waals surface area contributed by atoms with Gasteiger partial charge in [-0.2, -0.15) is 0 Å². The number of anilines is 1. The topological polar surface area (TPSA) is 67.8 Å². The van der Waals surface area contributed by atoms with E-state index in [1.54, 1.807) is 0 Å². The SMILES string of the molecule is CCc1ccc(NC(=O)C2(c3ccc4c(c3)OCO4)CC2)cc1-c1ccccc1CO.[HH]. The Bertz CT molecular complexity index is 1160. The minimum atomic E-state index is -0.520. The fourth-order valence-electron chi connectivity index (χ4n) is 4.35. The van der Waals surface area contributed by atoms with E-state index in [1.165, 1.54) is 5.56 Å². The number of nitrogens with one attached hydrogen (secondary N) is 1. The van der Waals surface area contributed by atoms with Crippen molar-refractivity contribution in [2.24, 2.45) is 0 Å². The van der Waals surface area contributed by atoms with E-state index >= 15 is 0 Å². The van der Waals surface area contributed by atoms with Crippen LogP contribution >= 0.6 is 0 Å². The fourth-order valence-corrected chi connectivity index (χ4v) is 4.35. The largest absolute Gasteiger partial charge is 0.454 e. The molecule has 1 heterocycles. The van der Waals surface area contributed by atoms with E-state index in [4.69, 9.17) is 9.47 Å². The van der Waals surface area contributed by atoms with Crippen LogP contribution in [0.3, 0.4) is 0 Å². The van der Waals surface area contributed by atoms with Crippen molar-refractivity contribution in [1.29, 1.82) is 0 Å². The smallest absolute Gasteiger partial charge is 0.235 e. The van der Waals surface area contributed by atoms with Crippen LogP contribution in [0.5, 0.6) is 11.5 Å². The number of aliphatic hydroxyl groups is 1. The van der Waals surface area contributed by atoms with E-state index in [0.717, 1.165) is 53.0 Å². The molecule has 3 aromatic carbocycles. The van der Waals surface area contributed by atoms with Crippen LogP contribution in [0.2, 0.25) is 0 Å². The molecule has 2 aliphatic rings. The molecule has 1 aliphatic heterocycles. The van der Waals surface area contributed by atoms with Crippen LogP contribution in [0.15, 0.2) is 60.7 Å². The predicted octanol–water partition coefficient (Wildman–Crippen LogP) is 5.05. The van der Waals surface area contributed by atoms with Crippen molar-refractivity contribution >= 4 is 11.6 Å². The summed E-state index contributed by atoms with van der Waals surface area (Å²) < 4.78 is 10.9. The summed E-state index contributed by atoms with van der Waals surface area (Å²) in [4.78, 5) is 13.3. The zero-order valence-electron chi connectivity index (χ0n) is 17.5. The molecule has 31 heavy (non-hydrogen) atoms. The molecule has 1 amide bonds. The summed E-state index contributed by atoms with van der Waals surface area (Å²) in [5, 5.41) is 12.9. The lowest BCUT2D eigenvalue weighted by Crippen LogP contribution is -2.27. The molecule has 5 rings (SSSR count). The molecule has 5 nitrogen and oxygen atoms in total. The van der Waals surface area contributed by atoms with E-state index in [0.29, 0.717) is 5.75 Å². The standard InChI is InChI=1S/C26H25NO4.H2/c1-2-17-7-9-20(14-22(17)21-6-4-3-5-18(21)15-28)27-25(29)26(11-12-26)19-8-10-23-24(13-19)31-16-30-23;/h3-10,13-14,28H,2,11-12,15-16H2,1H3,(H,27,29);1H. The molecule has 160 valence electrons. The molecule has 3 aromatic rings. The summed E-state index contributed by atoms with van der Waals surface area (Å²) >= 11 is 0. The average Bonchev–Trinajstić information content (AvgIpc) is 3.50. The first-order valence-corrected chi connectivity index (χ1v) is 10.7. The molecule has 0 saturated heterocycles. The van der Waals surface area contributed by atoms with Crippen LogP contribution in [-0.2, 0) is 23.2 Å². The van der Waals surface area contributed by atoms with Gasteiger partial charge in [-0.15, -0.1) is 0 Å². The maximum absolute atomic E-state index is 13.3. The van der Waals surface area contributed by atoms with Crippen molar-refractivity contribution in [3.8, 4) is 22.6 Å². The Balaban J connectivity index is 0.00000245. The first-order valence-electron chi connectivity index (χ1n) is 10.7. The van der Waals surface area contributed by atoms with Gasteiger partial charge in [-0.1, -0.05) is 43.3 Å². The summed E-state index contributed by atoms with van der Waals surface area (Å²) in [6.45, 7) is 2.31. The maximum atomic E-state index is 13.3. The van der Waals surface area contributed by atoms with Crippen LogP contribution < -0.4 is 14.8 Å². The highest BCUT2D eigenvalue weighted by molar-refractivity contribution is 6.02. The molecule has 1 saturated carbocycles. The van der Waals surface area contributed by atoms with Crippen LogP contribution in [-0.4, -0.2) is 17.8 Å². The van der Waals surface area contributed by atoms with Gasteiger partial charge in [0.05, 0.1) is 12.0 Å². The quantitative estimate of drug-likeness (QED) is 0.589. The lowest BCUT2D eigenvalue weighted by molar-refractivity contribution is -0.118. The Kier molecular flexibility index (Phi) is 4.91. The molecule has 0 spiro atoms. The van der Waals surface area contributed by atoms with Gasteiger partial charge in [0.15, 0.2) is 11.5 Å². The minimum Gasteiger partial charge on any atom is -0.454 e. The molecule has 1 aliphatic carbocycles. The number of aryl methyl sites for hydroxylation is 1. The zero-order chi connectivity index (χ0) is 21.4. The normalized spacial score (nSPS) is 15.5. The highest BCUT2D eigenvalue weighted by Gasteiger charge is 2.51. The number of rotatable bonds is 6. The first-order chi connectivity index (χ1) is 15.1. The molecule has 2 N–H and O–H groups in total. The summed E-state index contributed by atoms with van der Waals surface area (Å²) in [5.74, 6) is 1.42. The predicted molar refractivity (Wildman–Crippen MR) is 121 cm³/mol. The number of benzene rings is 3. The van der Waals surface area contributed by atoms with Gasteiger partial charge in [-0.3, -0.25) is 4.79 Å². The number of amides is 1. The van der Waals surface area contributed by atoms with Gasteiger partial charge in [0, 0.05) is 7.11 Å². The Morgan fingerprint density at radius 2 is 1.81 bits per heavy atom. The third-order valence-corrected chi connectivity index (χ3v) is 6.34. The molecule has 0 unspecified atom stereocenters. The Labute approximate surface area is 183 Å². The number of carbonyl (C=O) groups excluding carboxylic acids is 1.